The van der Waals surface area contributed by atoms with Gasteiger partial charge in [0, 0.05) is 6.54 Å². The number of phenols is 1. The molecule has 0 spiro atoms. The van der Waals surface area contributed by atoms with Crippen molar-refractivity contribution < 1.29 is 14.6 Å². The number of carbonyl (C=O) groups is 1. The summed E-state index contributed by atoms with van der Waals surface area (Å²) in [6.45, 7) is 4.65. The van der Waals surface area contributed by atoms with E-state index in [2.05, 4.69) is 21.2 Å². The summed E-state index contributed by atoms with van der Waals surface area (Å²) in [6, 6.07) is 3.38. The quantitative estimate of drug-likeness (QED) is 0.630. The van der Waals surface area contributed by atoms with Crippen molar-refractivity contribution in [2.75, 3.05) is 13.2 Å². The molecule has 0 unspecified atom stereocenters. The van der Waals surface area contributed by atoms with E-state index in [0.717, 1.165) is 5.56 Å². The third-order valence-corrected chi connectivity index (χ3v) is 3.87. The Morgan fingerprint density at radius 2 is 2.19 bits per heavy atom. The zero-order chi connectivity index (χ0) is 15.6. The summed E-state index contributed by atoms with van der Waals surface area (Å²) in [5.41, 5.74) is 1.13. The molecular formula is C14H15BrN2O3S. The Bertz CT molecular complexity index is 631. The maximum absolute atomic E-state index is 12.1. The molecule has 1 amide bonds. The highest BCUT2D eigenvalue weighted by atomic mass is 79.9. The summed E-state index contributed by atoms with van der Waals surface area (Å²) in [4.78, 5) is 13.6. The van der Waals surface area contributed by atoms with Crippen LogP contribution >= 0.6 is 28.1 Å². The normalized spacial score (nSPS) is 16.5. The maximum Gasteiger partial charge on any atom is 0.276 e. The minimum atomic E-state index is -0.162. The lowest BCUT2D eigenvalue weighted by Crippen LogP contribution is -2.30. The van der Waals surface area contributed by atoms with Crippen LogP contribution in [0.25, 0.3) is 6.08 Å². The van der Waals surface area contributed by atoms with E-state index in [9.17, 15) is 9.90 Å². The molecule has 1 aliphatic heterocycles. The number of rotatable bonds is 4. The van der Waals surface area contributed by atoms with Crippen molar-refractivity contribution in [1.82, 2.24) is 10.2 Å². The number of amides is 1. The van der Waals surface area contributed by atoms with Gasteiger partial charge in [-0.1, -0.05) is 0 Å². The maximum atomic E-state index is 12.1. The van der Waals surface area contributed by atoms with E-state index in [-0.39, 0.29) is 11.7 Å². The lowest BCUT2D eigenvalue weighted by molar-refractivity contribution is -0.122. The predicted molar refractivity (Wildman–Crippen MR) is 88.1 cm³/mol. The lowest BCUT2D eigenvalue weighted by atomic mass is 10.1. The van der Waals surface area contributed by atoms with Crippen molar-refractivity contribution in [3.8, 4) is 11.5 Å². The van der Waals surface area contributed by atoms with Gasteiger partial charge in [0.05, 0.1) is 11.1 Å². The Morgan fingerprint density at radius 1 is 1.48 bits per heavy atom. The molecule has 5 nitrogen and oxygen atoms in total. The van der Waals surface area contributed by atoms with Gasteiger partial charge in [0.15, 0.2) is 16.6 Å². The number of phenolic OH excluding ortho intramolecular Hbond substituents is 1. The van der Waals surface area contributed by atoms with E-state index >= 15 is 0 Å². The van der Waals surface area contributed by atoms with Crippen molar-refractivity contribution >= 4 is 45.2 Å². The second kappa shape index (κ2) is 6.44. The minimum absolute atomic E-state index is 0.0374. The van der Waals surface area contributed by atoms with Gasteiger partial charge in [-0.05, 0) is 65.8 Å². The zero-order valence-corrected chi connectivity index (χ0v) is 14.0. The first-order chi connectivity index (χ1) is 9.97. The van der Waals surface area contributed by atoms with Crippen LogP contribution in [-0.4, -0.2) is 34.2 Å². The molecule has 1 fully saturated rings. The molecule has 21 heavy (non-hydrogen) atoms. The largest absolute Gasteiger partial charge is 0.503 e. The Balaban J connectivity index is 2.37. The smallest absolute Gasteiger partial charge is 0.276 e. The number of thiocarbonyl (C=S) groups is 1. The van der Waals surface area contributed by atoms with Crippen LogP contribution in [0.3, 0.4) is 0 Å². The van der Waals surface area contributed by atoms with E-state index in [1.54, 1.807) is 18.2 Å². The fraction of sp³-hybridized carbons (Fsp3) is 0.286. The highest BCUT2D eigenvalue weighted by Crippen LogP contribution is 2.36. The third kappa shape index (κ3) is 3.19. The number of nitrogens with zero attached hydrogens (tertiary/aromatic N) is 1. The van der Waals surface area contributed by atoms with Gasteiger partial charge >= 0.3 is 0 Å². The summed E-state index contributed by atoms with van der Waals surface area (Å²) in [7, 11) is 0. The lowest BCUT2D eigenvalue weighted by Gasteiger charge is -2.09. The van der Waals surface area contributed by atoms with Gasteiger partial charge < -0.3 is 15.2 Å². The van der Waals surface area contributed by atoms with Crippen LogP contribution in [-0.2, 0) is 4.79 Å². The van der Waals surface area contributed by atoms with Crippen LogP contribution in [0.1, 0.15) is 19.4 Å². The summed E-state index contributed by atoms with van der Waals surface area (Å²) >= 11 is 8.37. The Labute approximate surface area is 136 Å². The van der Waals surface area contributed by atoms with Crippen LogP contribution in [0.4, 0.5) is 0 Å². The topological polar surface area (TPSA) is 61.8 Å². The molecule has 0 aliphatic carbocycles. The zero-order valence-electron chi connectivity index (χ0n) is 11.6. The van der Waals surface area contributed by atoms with Gasteiger partial charge in [-0.25, -0.2) is 0 Å². The van der Waals surface area contributed by atoms with Crippen LogP contribution in [0.2, 0.25) is 0 Å². The van der Waals surface area contributed by atoms with E-state index in [1.165, 1.54) is 4.90 Å². The molecule has 1 aromatic carbocycles. The van der Waals surface area contributed by atoms with Crippen LogP contribution in [0, 0.1) is 0 Å². The van der Waals surface area contributed by atoms with Crippen molar-refractivity contribution in [2.24, 2.45) is 0 Å². The molecule has 112 valence electrons. The number of nitrogens with one attached hydrogen (secondary N) is 1. The predicted octanol–water partition coefficient (Wildman–Crippen LogP) is 2.63. The second-order valence-corrected chi connectivity index (χ2v) is 5.56. The highest BCUT2D eigenvalue weighted by Gasteiger charge is 2.29. The van der Waals surface area contributed by atoms with E-state index in [1.807, 2.05) is 13.8 Å². The number of benzene rings is 1. The van der Waals surface area contributed by atoms with Crippen LogP contribution in [0.5, 0.6) is 11.5 Å². The van der Waals surface area contributed by atoms with Gasteiger partial charge in [0.2, 0.25) is 0 Å². The average Bonchev–Trinajstić information content (AvgIpc) is 2.70. The number of likely N-dealkylation sites (N-methyl/N-ethyl adjacent to an activating group) is 1. The molecule has 1 saturated heterocycles. The minimum Gasteiger partial charge on any atom is -0.503 e. The molecule has 2 N–H and O–H groups in total. The number of aromatic hydroxyl groups is 1. The van der Waals surface area contributed by atoms with E-state index < -0.39 is 0 Å². The van der Waals surface area contributed by atoms with Gasteiger partial charge in [0.25, 0.3) is 5.91 Å². The van der Waals surface area contributed by atoms with Gasteiger partial charge in [-0.15, -0.1) is 0 Å². The molecule has 0 aromatic heterocycles. The van der Waals surface area contributed by atoms with E-state index in [0.29, 0.717) is 34.2 Å². The molecule has 0 saturated carbocycles. The Kier molecular flexibility index (Phi) is 4.84. The molecule has 0 radical (unpaired) electrons. The number of hydrogen-bond acceptors (Lipinski definition) is 4. The Hall–Kier alpha value is -1.60. The fourth-order valence-electron chi connectivity index (χ4n) is 1.97. The van der Waals surface area contributed by atoms with Crippen molar-refractivity contribution in [3.63, 3.8) is 0 Å². The van der Waals surface area contributed by atoms with E-state index in [4.69, 9.17) is 17.0 Å². The average molecular weight is 371 g/mol. The molecule has 0 bridgehead atoms. The molecule has 1 aromatic rings. The Morgan fingerprint density at radius 3 is 2.76 bits per heavy atom. The number of ether oxygens (including phenoxy) is 1. The fourth-order valence-corrected chi connectivity index (χ4v) is 2.75. The monoisotopic (exact) mass is 370 g/mol. The molecular weight excluding hydrogens is 356 g/mol. The molecule has 1 aliphatic rings. The molecule has 1 heterocycles. The molecule has 2 rings (SSSR count). The van der Waals surface area contributed by atoms with Crippen LogP contribution in [0.15, 0.2) is 22.3 Å². The number of hydrogen-bond donors (Lipinski definition) is 2. The second-order valence-electron chi connectivity index (χ2n) is 4.32. The first-order valence-corrected chi connectivity index (χ1v) is 7.67. The molecule has 0 atom stereocenters. The first kappa shape index (κ1) is 15.8. The van der Waals surface area contributed by atoms with Gasteiger partial charge in [0.1, 0.15) is 5.70 Å². The van der Waals surface area contributed by atoms with Gasteiger partial charge in [-0.2, -0.15) is 0 Å². The molecule has 7 heteroatoms. The van der Waals surface area contributed by atoms with Crippen molar-refractivity contribution in [2.45, 2.75) is 13.8 Å². The first-order valence-electron chi connectivity index (χ1n) is 6.47. The standard InChI is InChI=1S/C14H15BrN2O3S/c1-3-17-13(19)10(16-14(17)21)6-8-5-9(15)12(18)11(7-8)20-4-2/h5-7,18H,3-4H2,1-2H3,(H,16,21)/b10-6-. The summed E-state index contributed by atoms with van der Waals surface area (Å²) in [6.07, 6.45) is 1.68. The third-order valence-electron chi connectivity index (χ3n) is 2.94. The summed E-state index contributed by atoms with van der Waals surface area (Å²) in [5.74, 6) is 0.235. The highest BCUT2D eigenvalue weighted by molar-refractivity contribution is 9.10. The van der Waals surface area contributed by atoms with Gasteiger partial charge in [-0.3, -0.25) is 9.69 Å². The van der Waals surface area contributed by atoms with Crippen molar-refractivity contribution in [1.29, 1.82) is 0 Å². The van der Waals surface area contributed by atoms with Crippen molar-refractivity contribution in [3.05, 3.63) is 27.9 Å². The summed E-state index contributed by atoms with van der Waals surface area (Å²) in [5, 5.41) is 13.2. The summed E-state index contributed by atoms with van der Waals surface area (Å²) < 4.78 is 5.86. The van der Waals surface area contributed by atoms with Crippen LogP contribution < -0.4 is 10.1 Å². The number of halogens is 1. The SMILES string of the molecule is CCOc1cc(/C=C2\NC(=S)N(CC)C2=O)cc(Br)c1O. The number of carbonyl (C=O) groups excluding carboxylic acids is 1.